The molecular weight excluding hydrogens is 388 g/mol. The van der Waals surface area contributed by atoms with Crippen molar-refractivity contribution < 1.29 is 14.3 Å². The van der Waals surface area contributed by atoms with Crippen LogP contribution >= 0.6 is 0 Å². The van der Waals surface area contributed by atoms with E-state index in [9.17, 15) is 9.59 Å². The summed E-state index contributed by atoms with van der Waals surface area (Å²) < 4.78 is 5.91. The summed E-state index contributed by atoms with van der Waals surface area (Å²) in [4.78, 5) is 28.8. The molecule has 2 aliphatic carbocycles. The molecule has 0 aromatic heterocycles. The molecule has 1 N–H and O–H groups in total. The molecule has 0 spiro atoms. The average Bonchev–Trinajstić information content (AvgIpc) is 3.18. The summed E-state index contributed by atoms with van der Waals surface area (Å²) in [6.07, 6.45) is 5.33. The van der Waals surface area contributed by atoms with Crippen LogP contribution in [0, 0.1) is 5.41 Å². The van der Waals surface area contributed by atoms with E-state index in [1.165, 1.54) is 0 Å². The second kappa shape index (κ2) is 8.18. The number of nitrogens with zero attached hydrogens (tertiary/aromatic N) is 1. The lowest BCUT2D eigenvalue weighted by Crippen LogP contribution is -2.39. The smallest absolute Gasteiger partial charge is 0.337 e. The molecule has 0 unspecified atom stereocenters. The van der Waals surface area contributed by atoms with Crippen LogP contribution in [-0.4, -0.2) is 32.0 Å². The van der Waals surface area contributed by atoms with Crippen molar-refractivity contribution in [3.05, 3.63) is 52.4 Å². The first-order valence-electron chi connectivity index (χ1n) is 11.4. The number of benzene rings is 1. The second-order valence-corrected chi connectivity index (χ2v) is 10.2. The van der Waals surface area contributed by atoms with Gasteiger partial charge in [-0.2, -0.15) is 0 Å². The number of dihydropyridines is 1. The monoisotopic (exact) mass is 422 g/mol. The average molecular weight is 423 g/mol. The molecule has 1 aromatic rings. The van der Waals surface area contributed by atoms with Gasteiger partial charge >= 0.3 is 5.97 Å². The molecule has 31 heavy (non-hydrogen) atoms. The maximum Gasteiger partial charge on any atom is 0.337 e. The largest absolute Gasteiger partial charge is 0.459 e. The number of carbonyl (C=O) groups is 2. The number of hydrogen-bond donors (Lipinski definition) is 1. The fourth-order valence-corrected chi connectivity index (χ4v) is 5.23. The third-order valence-electron chi connectivity index (χ3n) is 6.78. The van der Waals surface area contributed by atoms with Gasteiger partial charge in [-0.1, -0.05) is 26.0 Å². The SMILES string of the molecule is CC1=C(C(=O)OC2CCCC2)[C@@H](c2ccc(N(C)C)cc2)C2=C(CC(C)(C)CC2=O)N1. The number of carbonyl (C=O) groups excluding carboxylic acids is 2. The van der Waals surface area contributed by atoms with Gasteiger partial charge in [0, 0.05) is 49.1 Å². The van der Waals surface area contributed by atoms with Gasteiger partial charge in [-0.3, -0.25) is 4.79 Å². The molecule has 5 nitrogen and oxygen atoms in total. The summed E-state index contributed by atoms with van der Waals surface area (Å²) in [6, 6.07) is 8.17. The van der Waals surface area contributed by atoms with Gasteiger partial charge in [-0.05, 0) is 62.1 Å². The molecular formula is C26H34N2O3. The van der Waals surface area contributed by atoms with Gasteiger partial charge < -0.3 is 15.0 Å². The topological polar surface area (TPSA) is 58.6 Å². The molecule has 0 radical (unpaired) electrons. The quantitative estimate of drug-likeness (QED) is 0.704. The van der Waals surface area contributed by atoms with Crippen molar-refractivity contribution in [2.24, 2.45) is 5.41 Å². The van der Waals surface area contributed by atoms with Gasteiger partial charge in [0.15, 0.2) is 5.78 Å². The Bertz CT molecular complexity index is 947. The molecule has 0 saturated heterocycles. The standard InChI is InChI=1S/C26H34N2O3/c1-16-22(25(30)31-19-8-6-7-9-19)23(17-10-12-18(13-11-17)28(4)5)24-20(27-16)14-26(2,3)15-21(24)29/h10-13,19,23,27H,6-9,14-15H2,1-5H3/t23-/m1/s1. The number of hydrogen-bond acceptors (Lipinski definition) is 5. The van der Waals surface area contributed by atoms with E-state index in [1.807, 2.05) is 50.2 Å². The number of ether oxygens (including phenoxy) is 1. The minimum atomic E-state index is -0.384. The summed E-state index contributed by atoms with van der Waals surface area (Å²) in [5, 5.41) is 3.42. The van der Waals surface area contributed by atoms with E-state index in [-0.39, 0.29) is 29.2 Å². The van der Waals surface area contributed by atoms with Crippen LogP contribution < -0.4 is 10.2 Å². The molecule has 1 heterocycles. The van der Waals surface area contributed by atoms with E-state index in [1.54, 1.807) is 0 Å². The molecule has 3 aliphatic rings. The van der Waals surface area contributed by atoms with Crippen molar-refractivity contribution >= 4 is 17.4 Å². The molecule has 1 saturated carbocycles. The van der Waals surface area contributed by atoms with E-state index >= 15 is 0 Å². The molecule has 166 valence electrons. The Hall–Kier alpha value is -2.56. The number of rotatable bonds is 4. The van der Waals surface area contributed by atoms with Crippen molar-refractivity contribution in [3.63, 3.8) is 0 Å². The van der Waals surface area contributed by atoms with E-state index in [0.29, 0.717) is 12.0 Å². The lowest BCUT2D eigenvalue weighted by Gasteiger charge is -2.39. The van der Waals surface area contributed by atoms with Gasteiger partial charge in [0.1, 0.15) is 6.10 Å². The first kappa shape index (κ1) is 21.7. The Morgan fingerprint density at radius 3 is 2.35 bits per heavy atom. The first-order valence-corrected chi connectivity index (χ1v) is 11.4. The van der Waals surface area contributed by atoms with Gasteiger partial charge in [0.05, 0.1) is 5.57 Å². The number of ketones is 1. The van der Waals surface area contributed by atoms with Crippen molar-refractivity contribution in [2.45, 2.75) is 71.3 Å². The lowest BCUT2D eigenvalue weighted by molar-refractivity contribution is -0.144. The summed E-state index contributed by atoms with van der Waals surface area (Å²) in [7, 11) is 4.00. The summed E-state index contributed by atoms with van der Waals surface area (Å²) >= 11 is 0. The Morgan fingerprint density at radius 1 is 1.10 bits per heavy atom. The minimum Gasteiger partial charge on any atom is -0.459 e. The Balaban J connectivity index is 1.77. The first-order chi connectivity index (χ1) is 14.7. The van der Waals surface area contributed by atoms with Gasteiger partial charge in [-0.15, -0.1) is 0 Å². The highest BCUT2D eigenvalue weighted by Gasteiger charge is 2.43. The molecule has 1 fully saturated rings. The van der Waals surface area contributed by atoms with Gasteiger partial charge in [0.25, 0.3) is 0 Å². The number of anilines is 1. The van der Waals surface area contributed by atoms with Crippen LogP contribution in [-0.2, 0) is 14.3 Å². The fourth-order valence-electron chi connectivity index (χ4n) is 5.23. The number of esters is 1. The van der Waals surface area contributed by atoms with E-state index in [0.717, 1.165) is 60.3 Å². The summed E-state index contributed by atoms with van der Waals surface area (Å²) in [6.45, 7) is 6.18. The Labute approximate surface area is 185 Å². The Kier molecular flexibility index (Phi) is 5.71. The van der Waals surface area contributed by atoms with Crippen LogP contribution in [0.4, 0.5) is 5.69 Å². The van der Waals surface area contributed by atoms with Crippen molar-refractivity contribution in [1.29, 1.82) is 0 Å². The molecule has 4 rings (SSSR count). The maximum absolute atomic E-state index is 13.4. The van der Waals surface area contributed by atoms with Crippen LogP contribution in [0.3, 0.4) is 0 Å². The minimum absolute atomic E-state index is 0.0130. The molecule has 1 aliphatic heterocycles. The number of allylic oxidation sites excluding steroid dienone is 3. The predicted molar refractivity (Wildman–Crippen MR) is 123 cm³/mol. The van der Waals surface area contributed by atoms with Gasteiger partial charge in [-0.25, -0.2) is 4.79 Å². The maximum atomic E-state index is 13.4. The second-order valence-electron chi connectivity index (χ2n) is 10.2. The zero-order chi connectivity index (χ0) is 22.3. The third kappa shape index (κ3) is 4.28. The van der Waals surface area contributed by atoms with Crippen LogP contribution in [0.2, 0.25) is 0 Å². The third-order valence-corrected chi connectivity index (χ3v) is 6.78. The van der Waals surface area contributed by atoms with Gasteiger partial charge in [0.2, 0.25) is 0 Å². The Morgan fingerprint density at radius 2 is 1.74 bits per heavy atom. The zero-order valence-electron chi connectivity index (χ0n) is 19.4. The van der Waals surface area contributed by atoms with Crippen LogP contribution in [0.1, 0.15) is 70.8 Å². The summed E-state index contributed by atoms with van der Waals surface area (Å²) in [5.74, 6) is -0.549. The van der Waals surface area contributed by atoms with Crippen molar-refractivity contribution in [3.8, 4) is 0 Å². The van der Waals surface area contributed by atoms with E-state index in [2.05, 4.69) is 19.2 Å². The molecule has 0 amide bonds. The fraction of sp³-hybridized carbons (Fsp3) is 0.538. The molecule has 0 bridgehead atoms. The van der Waals surface area contributed by atoms with Crippen molar-refractivity contribution in [2.75, 3.05) is 19.0 Å². The number of Topliss-reactive ketones (excluding diaryl/α,β-unsaturated/α-hetero) is 1. The zero-order valence-corrected chi connectivity index (χ0v) is 19.4. The molecule has 5 heteroatoms. The molecule has 1 aromatic carbocycles. The highest BCUT2D eigenvalue weighted by Crippen LogP contribution is 2.47. The normalized spacial score (nSPS) is 23.5. The lowest BCUT2D eigenvalue weighted by atomic mass is 9.68. The molecule has 1 atom stereocenters. The number of nitrogens with one attached hydrogen (secondary N) is 1. The van der Waals surface area contributed by atoms with Crippen LogP contribution in [0.15, 0.2) is 46.8 Å². The van der Waals surface area contributed by atoms with E-state index in [4.69, 9.17) is 4.74 Å². The highest BCUT2D eigenvalue weighted by atomic mass is 16.5. The summed E-state index contributed by atoms with van der Waals surface area (Å²) in [5.41, 5.74) is 5.03. The van der Waals surface area contributed by atoms with E-state index < -0.39 is 0 Å². The van der Waals surface area contributed by atoms with Crippen molar-refractivity contribution in [1.82, 2.24) is 5.32 Å². The predicted octanol–water partition coefficient (Wildman–Crippen LogP) is 4.84. The van der Waals surface area contributed by atoms with Crippen LogP contribution in [0.5, 0.6) is 0 Å². The highest BCUT2D eigenvalue weighted by molar-refractivity contribution is 6.04. The van der Waals surface area contributed by atoms with Crippen LogP contribution in [0.25, 0.3) is 0 Å².